The van der Waals surface area contributed by atoms with E-state index in [9.17, 15) is 4.79 Å². The normalized spacial score (nSPS) is 30.7. The number of hydrogen-bond donors (Lipinski definition) is 1. The minimum atomic E-state index is -0.140. The van der Waals surface area contributed by atoms with Crippen LogP contribution in [0.25, 0.3) is 0 Å². The molecule has 1 amide bonds. The molecule has 3 aliphatic rings. The van der Waals surface area contributed by atoms with Crippen LogP contribution in [0.4, 0.5) is 0 Å². The lowest BCUT2D eigenvalue weighted by atomic mass is 9.99. The number of carbonyl (C=O) groups excluding carboxylic acids is 1. The predicted molar refractivity (Wildman–Crippen MR) is 81.2 cm³/mol. The molecule has 1 spiro atoms. The van der Waals surface area contributed by atoms with Crippen LogP contribution in [0.15, 0.2) is 0 Å². The van der Waals surface area contributed by atoms with Gasteiger partial charge in [-0.1, -0.05) is 26.7 Å². The van der Waals surface area contributed by atoms with Crippen LogP contribution >= 0.6 is 0 Å². The summed E-state index contributed by atoms with van der Waals surface area (Å²) < 4.78 is 0. The van der Waals surface area contributed by atoms with Crippen molar-refractivity contribution in [2.45, 2.75) is 89.9 Å². The number of carbonyl (C=O) groups is 1. The van der Waals surface area contributed by atoms with Gasteiger partial charge in [-0.2, -0.15) is 0 Å². The summed E-state index contributed by atoms with van der Waals surface area (Å²) in [6.45, 7) is 6.80. The summed E-state index contributed by atoms with van der Waals surface area (Å²) in [7, 11) is 0. The fourth-order valence-electron chi connectivity index (χ4n) is 4.08. The fourth-order valence-corrected chi connectivity index (χ4v) is 4.08. The van der Waals surface area contributed by atoms with E-state index in [1.807, 2.05) is 0 Å². The van der Waals surface area contributed by atoms with E-state index in [0.717, 1.165) is 25.2 Å². The van der Waals surface area contributed by atoms with E-state index in [4.69, 9.17) is 0 Å². The average Bonchev–Trinajstić information content (AvgIpc) is 2.87. The van der Waals surface area contributed by atoms with Crippen LogP contribution in [-0.2, 0) is 4.79 Å². The van der Waals surface area contributed by atoms with Gasteiger partial charge in [0.15, 0.2) is 0 Å². The van der Waals surface area contributed by atoms with Crippen molar-refractivity contribution in [3.05, 3.63) is 0 Å². The number of amides is 1. The third-order valence-corrected chi connectivity index (χ3v) is 5.60. The molecular formula is C17H30N2O. The van der Waals surface area contributed by atoms with Gasteiger partial charge in [-0.25, -0.2) is 0 Å². The Balaban J connectivity index is 1.72. The van der Waals surface area contributed by atoms with E-state index in [-0.39, 0.29) is 5.54 Å². The lowest BCUT2D eigenvalue weighted by Crippen LogP contribution is -2.47. The maximum atomic E-state index is 12.8. The molecule has 0 aromatic rings. The number of nitrogens with one attached hydrogen (secondary N) is 1. The molecule has 1 N–H and O–H groups in total. The molecule has 1 aliphatic heterocycles. The molecule has 1 heterocycles. The zero-order valence-electron chi connectivity index (χ0n) is 13.3. The van der Waals surface area contributed by atoms with Crippen LogP contribution < -0.4 is 5.32 Å². The molecule has 0 aromatic carbocycles. The summed E-state index contributed by atoms with van der Waals surface area (Å²) >= 11 is 0. The second-order valence-electron chi connectivity index (χ2n) is 7.75. The summed E-state index contributed by atoms with van der Waals surface area (Å²) in [5.74, 6) is 1.83. The Kier molecular flexibility index (Phi) is 3.83. The van der Waals surface area contributed by atoms with Gasteiger partial charge in [0.1, 0.15) is 0 Å². The molecule has 20 heavy (non-hydrogen) atoms. The lowest BCUT2D eigenvalue weighted by Gasteiger charge is -2.34. The fraction of sp³-hybridized carbons (Fsp3) is 0.941. The quantitative estimate of drug-likeness (QED) is 0.837. The first-order valence-corrected chi connectivity index (χ1v) is 8.64. The van der Waals surface area contributed by atoms with Crippen molar-refractivity contribution >= 4 is 5.91 Å². The van der Waals surface area contributed by atoms with E-state index in [0.29, 0.717) is 24.0 Å². The van der Waals surface area contributed by atoms with Crippen LogP contribution in [0.5, 0.6) is 0 Å². The Morgan fingerprint density at radius 3 is 2.40 bits per heavy atom. The molecule has 2 unspecified atom stereocenters. The molecule has 0 aromatic heterocycles. The summed E-state index contributed by atoms with van der Waals surface area (Å²) in [5.41, 5.74) is -0.140. The molecule has 0 radical (unpaired) electrons. The summed E-state index contributed by atoms with van der Waals surface area (Å²) in [6.07, 6.45) is 10.1. The molecule has 2 saturated carbocycles. The highest BCUT2D eigenvalue weighted by Crippen LogP contribution is 2.46. The highest BCUT2D eigenvalue weighted by Gasteiger charge is 2.60. The van der Waals surface area contributed by atoms with Crippen molar-refractivity contribution in [3.63, 3.8) is 0 Å². The van der Waals surface area contributed by atoms with Crippen molar-refractivity contribution in [3.8, 4) is 0 Å². The van der Waals surface area contributed by atoms with Crippen molar-refractivity contribution in [2.24, 2.45) is 11.8 Å². The molecule has 0 bridgehead atoms. The van der Waals surface area contributed by atoms with Crippen molar-refractivity contribution in [1.82, 2.24) is 10.2 Å². The maximum Gasteiger partial charge on any atom is 0.244 e. The molecule has 3 fully saturated rings. The Morgan fingerprint density at radius 2 is 1.85 bits per heavy atom. The van der Waals surface area contributed by atoms with Crippen LogP contribution in [0, 0.1) is 11.8 Å². The lowest BCUT2D eigenvalue weighted by molar-refractivity contribution is -0.133. The monoisotopic (exact) mass is 278 g/mol. The van der Waals surface area contributed by atoms with Gasteiger partial charge >= 0.3 is 0 Å². The zero-order valence-corrected chi connectivity index (χ0v) is 13.3. The Morgan fingerprint density at radius 1 is 1.20 bits per heavy atom. The van der Waals surface area contributed by atoms with Gasteiger partial charge in [0.25, 0.3) is 0 Å². The van der Waals surface area contributed by atoms with E-state index in [1.165, 1.54) is 32.1 Å². The Bertz CT molecular complexity index is 369. The van der Waals surface area contributed by atoms with Gasteiger partial charge in [0.05, 0.1) is 11.7 Å². The zero-order chi connectivity index (χ0) is 14.3. The number of hydrogen-bond acceptors (Lipinski definition) is 2. The largest absolute Gasteiger partial charge is 0.323 e. The smallest absolute Gasteiger partial charge is 0.244 e. The molecule has 2 aliphatic carbocycles. The standard InChI is InChI=1S/C17H30N2O/c1-12(2)8-9-13(3)19-15(14-6-4-5-7-14)18-17(10-11-17)16(19)20/h12-15,18H,4-11H2,1-3H3. The van der Waals surface area contributed by atoms with Crippen molar-refractivity contribution in [2.75, 3.05) is 0 Å². The first-order chi connectivity index (χ1) is 9.53. The average molecular weight is 278 g/mol. The van der Waals surface area contributed by atoms with E-state index in [2.05, 4.69) is 31.0 Å². The molecule has 3 heteroatoms. The van der Waals surface area contributed by atoms with Gasteiger partial charge < -0.3 is 4.90 Å². The van der Waals surface area contributed by atoms with Gasteiger partial charge in [0, 0.05) is 6.04 Å². The summed E-state index contributed by atoms with van der Waals surface area (Å²) in [4.78, 5) is 15.0. The predicted octanol–water partition coefficient (Wildman–Crippen LogP) is 3.29. The second-order valence-corrected chi connectivity index (χ2v) is 7.75. The van der Waals surface area contributed by atoms with Gasteiger partial charge in [-0.15, -0.1) is 0 Å². The van der Waals surface area contributed by atoms with Gasteiger partial charge in [0.2, 0.25) is 5.91 Å². The van der Waals surface area contributed by atoms with Crippen LogP contribution in [0.3, 0.4) is 0 Å². The minimum absolute atomic E-state index is 0.140. The molecule has 114 valence electrons. The summed E-state index contributed by atoms with van der Waals surface area (Å²) in [6, 6.07) is 0.392. The number of nitrogens with zero attached hydrogens (tertiary/aromatic N) is 1. The van der Waals surface area contributed by atoms with Crippen molar-refractivity contribution in [1.29, 1.82) is 0 Å². The Hall–Kier alpha value is -0.570. The molecule has 3 nitrogen and oxygen atoms in total. The summed E-state index contributed by atoms with van der Waals surface area (Å²) in [5, 5.41) is 3.73. The third kappa shape index (κ3) is 2.49. The Labute approximate surface area is 123 Å². The van der Waals surface area contributed by atoms with E-state index >= 15 is 0 Å². The van der Waals surface area contributed by atoms with Crippen LogP contribution in [0.1, 0.15) is 72.1 Å². The first-order valence-electron chi connectivity index (χ1n) is 8.64. The SMILES string of the molecule is CC(C)CCC(C)N1C(=O)C2(CC2)NC1C1CCCC1. The third-order valence-electron chi connectivity index (χ3n) is 5.60. The van der Waals surface area contributed by atoms with E-state index in [1.54, 1.807) is 0 Å². The highest BCUT2D eigenvalue weighted by atomic mass is 16.2. The van der Waals surface area contributed by atoms with Crippen molar-refractivity contribution < 1.29 is 4.79 Å². The maximum absolute atomic E-state index is 12.8. The van der Waals surface area contributed by atoms with Gasteiger partial charge in [-0.3, -0.25) is 10.1 Å². The highest BCUT2D eigenvalue weighted by molar-refractivity contribution is 5.92. The topological polar surface area (TPSA) is 32.3 Å². The second kappa shape index (κ2) is 5.32. The molecular weight excluding hydrogens is 248 g/mol. The molecule has 2 atom stereocenters. The van der Waals surface area contributed by atoms with Crippen LogP contribution in [0.2, 0.25) is 0 Å². The minimum Gasteiger partial charge on any atom is -0.323 e. The first kappa shape index (κ1) is 14.4. The van der Waals surface area contributed by atoms with Gasteiger partial charge in [-0.05, 0) is 57.3 Å². The number of rotatable bonds is 5. The van der Waals surface area contributed by atoms with Crippen LogP contribution in [-0.4, -0.2) is 28.6 Å². The molecule has 1 saturated heterocycles. The molecule has 3 rings (SSSR count). The van der Waals surface area contributed by atoms with E-state index < -0.39 is 0 Å².